The van der Waals surface area contributed by atoms with Crippen LogP contribution < -0.4 is 19.5 Å². The largest absolute Gasteiger partial charge is 0.489 e. The zero-order chi connectivity index (χ0) is 42.0. The van der Waals surface area contributed by atoms with Crippen LogP contribution in [0.5, 0.6) is 17.2 Å². The van der Waals surface area contributed by atoms with Crippen molar-refractivity contribution in [2.75, 3.05) is 6.61 Å². The Balaban J connectivity index is 1.02. The number of nitrogens with zero attached hydrogens (tertiary/aromatic N) is 3. The number of hydrogen-bond donors (Lipinski definition) is 2. The molecule has 3 atom stereocenters. The van der Waals surface area contributed by atoms with Gasteiger partial charge < -0.3 is 29.5 Å². The maximum atomic E-state index is 14.4. The molecule has 0 saturated heterocycles. The summed E-state index contributed by atoms with van der Waals surface area (Å²) in [5.41, 5.74) is 3.69. The monoisotopic (exact) mass is 838 g/mol. The molecule has 13 heteroatoms. The third-order valence-electron chi connectivity index (χ3n) is 10.8. The number of carboxylic acid groups (broad SMARTS) is 1. The molecule has 2 unspecified atom stereocenters. The normalized spacial score (nSPS) is 16.4. The molecule has 60 heavy (non-hydrogen) atoms. The van der Waals surface area contributed by atoms with E-state index in [2.05, 4.69) is 16.4 Å². The fourth-order valence-electron chi connectivity index (χ4n) is 7.37. The van der Waals surface area contributed by atoms with Crippen LogP contribution in [0, 0.1) is 11.3 Å². The second-order valence-electron chi connectivity index (χ2n) is 14.6. The lowest BCUT2D eigenvalue weighted by Gasteiger charge is -2.38. The van der Waals surface area contributed by atoms with Gasteiger partial charge in [0.05, 0.1) is 21.7 Å². The molecule has 6 aromatic rings. The predicted molar refractivity (Wildman–Crippen MR) is 224 cm³/mol. The number of aliphatic carboxylic acids is 1. The van der Waals surface area contributed by atoms with E-state index < -0.39 is 35.5 Å². The van der Waals surface area contributed by atoms with Gasteiger partial charge in [0.15, 0.2) is 23.1 Å². The van der Waals surface area contributed by atoms with E-state index in [1.165, 1.54) is 18.0 Å². The van der Waals surface area contributed by atoms with Crippen molar-refractivity contribution in [3.05, 3.63) is 177 Å². The number of halogens is 2. The van der Waals surface area contributed by atoms with Gasteiger partial charge in [0.1, 0.15) is 30.7 Å². The number of rotatable bonds is 10. The Labute approximate surface area is 355 Å². The smallest absolute Gasteiger partial charge is 0.333 e. The van der Waals surface area contributed by atoms with E-state index in [1.54, 1.807) is 66.7 Å². The zero-order valence-electron chi connectivity index (χ0n) is 32.1. The summed E-state index contributed by atoms with van der Waals surface area (Å²) in [6.45, 7) is 1.96. The molecule has 2 aliphatic rings. The van der Waals surface area contributed by atoms with Crippen LogP contribution in [0.2, 0.25) is 10.0 Å². The number of amides is 2. The SMILES string of the molecule is CC(NC(=O)C1Cc2cc3c(cc2CN1C(=O)c1ccccn1)O[C@@H](c1ccc(OCc2ccc(Cl)c(Cl)c2)cc1)CO3)(C(=O)O)c1ccc(-c2ccccc2C#N)cc1. The van der Waals surface area contributed by atoms with Crippen LogP contribution in [0.1, 0.15) is 56.9 Å². The Morgan fingerprint density at radius 1 is 0.917 bits per heavy atom. The van der Waals surface area contributed by atoms with Gasteiger partial charge in [0.2, 0.25) is 5.91 Å². The Morgan fingerprint density at radius 2 is 1.67 bits per heavy atom. The quantitative estimate of drug-likeness (QED) is 0.138. The Morgan fingerprint density at radius 3 is 2.38 bits per heavy atom. The summed E-state index contributed by atoms with van der Waals surface area (Å²) in [6, 6.07) is 36.3. The summed E-state index contributed by atoms with van der Waals surface area (Å²) >= 11 is 12.2. The van der Waals surface area contributed by atoms with E-state index >= 15 is 0 Å². The lowest BCUT2D eigenvalue weighted by molar-refractivity contribution is -0.148. The maximum Gasteiger partial charge on any atom is 0.333 e. The lowest BCUT2D eigenvalue weighted by Crippen LogP contribution is -2.58. The minimum absolute atomic E-state index is 0.0196. The van der Waals surface area contributed by atoms with Gasteiger partial charge in [-0.3, -0.25) is 14.6 Å². The van der Waals surface area contributed by atoms with Crippen molar-refractivity contribution >= 4 is 41.0 Å². The molecule has 2 amide bonds. The van der Waals surface area contributed by atoms with Crippen LogP contribution >= 0.6 is 23.2 Å². The molecule has 1 aromatic heterocycles. The highest BCUT2D eigenvalue weighted by Gasteiger charge is 2.43. The average Bonchev–Trinajstić information content (AvgIpc) is 3.28. The van der Waals surface area contributed by atoms with Crippen molar-refractivity contribution < 1.29 is 33.7 Å². The number of aromatic nitrogens is 1. The van der Waals surface area contributed by atoms with Gasteiger partial charge in [0.25, 0.3) is 5.91 Å². The number of hydrogen-bond acceptors (Lipinski definition) is 8. The highest BCUT2D eigenvalue weighted by molar-refractivity contribution is 6.42. The van der Waals surface area contributed by atoms with Crippen molar-refractivity contribution in [1.29, 1.82) is 5.26 Å². The minimum atomic E-state index is -1.87. The first-order chi connectivity index (χ1) is 29.0. The topological polar surface area (TPSA) is 151 Å². The summed E-state index contributed by atoms with van der Waals surface area (Å²) in [4.78, 5) is 47.1. The standard InChI is InChI=1S/C47H36Cl2N4O7/c1-47(46(56)57,34-14-10-29(11-15-34)36-7-3-2-6-31(36)24-50)52-44(54)40-21-32-22-41-42(23-33(32)25-53(40)45(55)39-8-4-5-19-51-39)60-43(27-59-41)30-12-16-35(17-13-30)58-26-28-9-18-37(48)38(49)20-28/h2-20,22-23,40,43H,21,25-27H2,1H3,(H,52,54)(H,56,57)/t40?,43-,47?/m1/s1. The molecule has 0 aliphatic carbocycles. The molecule has 3 heterocycles. The molecule has 0 radical (unpaired) electrons. The molecule has 300 valence electrons. The van der Waals surface area contributed by atoms with E-state index in [0.717, 1.165) is 22.3 Å². The van der Waals surface area contributed by atoms with Gasteiger partial charge in [-0.1, -0.05) is 89.9 Å². The van der Waals surface area contributed by atoms with Gasteiger partial charge in [-0.15, -0.1) is 0 Å². The van der Waals surface area contributed by atoms with Crippen LogP contribution in [0.3, 0.4) is 0 Å². The van der Waals surface area contributed by atoms with Crippen molar-refractivity contribution in [3.63, 3.8) is 0 Å². The van der Waals surface area contributed by atoms with Crippen LogP contribution in [0.25, 0.3) is 11.1 Å². The second-order valence-corrected chi connectivity index (χ2v) is 15.4. The molecular formula is C47H36Cl2N4O7. The van der Waals surface area contributed by atoms with Gasteiger partial charge in [-0.25, -0.2) is 4.79 Å². The first-order valence-electron chi connectivity index (χ1n) is 19.0. The molecular weight excluding hydrogens is 803 g/mol. The first-order valence-corrected chi connectivity index (χ1v) is 19.8. The molecule has 5 aromatic carbocycles. The van der Waals surface area contributed by atoms with Crippen molar-refractivity contribution in [2.45, 2.75) is 44.2 Å². The number of pyridine rings is 1. The van der Waals surface area contributed by atoms with Crippen LogP contribution in [0.15, 0.2) is 128 Å². The number of carbonyl (C=O) groups excluding carboxylic acids is 2. The van der Waals surface area contributed by atoms with E-state index in [9.17, 15) is 24.8 Å². The Kier molecular flexibility index (Phi) is 11.2. The highest BCUT2D eigenvalue weighted by atomic mass is 35.5. The number of fused-ring (bicyclic) bond motifs is 2. The number of carbonyl (C=O) groups is 3. The van der Waals surface area contributed by atoms with Crippen molar-refractivity contribution in [1.82, 2.24) is 15.2 Å². The van der Waals surface area contributed by atoms with E-state index in [4.69, 9.17) is 37.4 Å². The highest BCUT2D eigenvalue weighted by Crippen LogP contribution is 2.41. The average molecular weight is 840 g/mol. The molecule has 8 rings (SSSR count). The molecule has 0 saturated carbocycles. The zero-order valence-corrected chi connectivity index (χ0v) is 33.6. The number of nitrogens with one attached hydrogen (secondary N) is 1. The molecule has 11 nitrogen and oxygen atoms in total. The lowest BCUT2D eigenvalue weighted by atomic mass is 9.88. The fourth-order valence-corrected chi connectivity index (χ4v) is 7.69. The number of carboxylic acids is 1. The molecule has 0 spiro atoms. The molecule has 0 fully saturated rings. The Bertz CT molecular complexity index is 2650. The maximum absolute atomic E-state index is 14.4. The van der Waals surface area contributed by atoms with E-state index in [0.29, 0.717) is 56.2 Å². The minimum Gasteiger partial charge on any atom is -0.489 e. The first kappa shape index (κ1) is 39.9. The number of benzene rings is 5. The summed E-state index contributed by atoms with van der Waals surface area (Å²) in [6.07, 6.45) is 1.14. The van der Waals surface area contributed by atoms with Crippen molar-refractivity contribution in [3.8, 4) is 34.4 Å². The molecule has 2 N–H and O–H groups in total. The Hall–Kier alpha value is -6.87. The summed E-state index contributed by atoms with van der Waals surface area (Å²) in [5, 5.41) is 23.8. The number of nitriles is 1. The van der Waals surface area contributed by atoms with Crippen LogP contribution in [0.4, 0.5) is 0 Å². The van der Waals surface area contributed by atoms with Gasteiger partial charge in [0, 0.05) is 19.2 Å². The third kappa shape index (κ3) is 8.08. The van der Waals surface area contributed by atoms with Gasteiger partial charge >= 0.3 is 5.97 Å². The van der Waals surface area contributed by atoms with Gasteiger partial charge in [-0.05, 0) is 100 Å². The van der Waals surface area contributed by atoms with Crippen molar-refractivity contribution in [2.24, 2.45) is 0 Å². The molecule has 2 aliphatic heterocycles. The van der Waals surface area contributed by atoms with E-state index in [1.807, 2.05) is 54.6 Å². The molecule has 0 bridgehead atoms. The fraction of sp³-hybridized carbons (Fsp3) is 0.170. The summed E-state index contributed by atoms with van der Waals surface area (Å²) in [5.74, 6) is -0.811. The van der Waals surface area contributed by atoms with Gasteiger partial charge in [-0.2, -0.15) is 5.26 Å². The third-order valence-corrected chi connectivity index (χ3v) is 11.5. The number of ether oxygens (including phenoxy) is 3. The second kappa shape index (κ2) is 16.8. The predicted octanol–water partition coefficient (Wildman–Crippen LogP) is 8.70. The summed E-state index contributed by atoms with van der Waals surface area (Å²) in [7, 11) is 0. The van der Waals surface area contributed by atoms with Crippen LogP contribution in [-0.2, 0) is 34.7 Å². The summed E-state index contributed by atoms with van der Waals surface area (Å²) < 4.78 is 18.6. The van der Waals surface area contributed by atoms with E-state index in [-0.39, 0.29) is 25.3 Å². The van der Waals surface area contributed by atoms with Crippen LogP contribution in [-0.4, -0.2) is 45.4 Å².